The Morgan fingerprint density at radius 1 is 1.37 bits per heavy atom. The topological polar surface area (TPSA) is 45.0 Å². The molecule has 0 aromatic heterocycles. The number of nitriles is 1. The zero-order valence-corrected chi connectivity index (χ0v) is 12.9. The maximum Gasteiger partial charge on any atom is 0.106 e. The highest BCUT2D eigenvalue weighted by Crippen LogP contribution is 2.28. The minimum Gasteiger partial charge on any atom is -0.378 e. The van der Waals surface area contributed by atoms with Gasteiger partial charge in [0.1, 0.15) is 5.54 Å². The van der Waals surface area contributed by atoms with E-state index in [1.165, 1.54) is 32.1 Å². The molecule has 1 rings (SSSR count). The Hall–Kier alpha value is -0.590. The van der Waals surface area contributed by atoms with Gasteiger partial charge in [-0.3, -0.25) is 5.32 Å². The Morgan fingerprint density at radius 2 is 2.16 bits per heavy atom. The molecule has 0 aliphatic heterocycles. The first-order chi connectivity index (χ1) is 9.13. The fourth-order valence-electron chi connectivity index (χ4n) is 2.78. The van der Waals surface area contributed by atoms with E-state index in [1.807, 2.05) is 6.92 Å². The van der Waals surface area contributed by atoms with Gasteiger partial charge in [0.05, 0.1) is 12.2 Å². The van der Waals surface area contributed by atoms with Crippen LogP contribution in [0.3, 0.4) is 0 Å². The highest BCUT2D eigenvalue weighted by molar-refractivity contribution is 5.03. The number of rotatable bonds is 8. The second-order valence-electron chi connectivity index (χ2n) is 6.05. The van der Waals surface area contributed by atoms with Crippen molar-refractivity contribution in [3.05, 3.63) is 0 Å². The van der Waals surface area contributed by atoms with E-state index in [0.29, 0.717) is 12.7 Å². The summed E-state index contributed by atoms with van der Waals surface area (Å²) < 4.78 is 6.00. The highest BCUT2D eigenvalue weighted by atomic mass is 16.5. The molecule has 0 aromatic rings. The zero-order chi connectivity index (χ0) is 14.1. The summed E-state index contributed by atoms with van der Waals surface area (Å²) in [6.07, 6.45) is 8.60. The molecule has 1 aliphatic carbocycles. The maximum atomic E-state index is 9.26. The monoisotopic (exact) mass is 266 g/mol. The molecule has 0 spiro atoms. The van der Waals surface area contributed by atoms with Crippen LogP contribution < -0.4 is 5.32 Å². The minimum absolute atomic E-state index is 0.424. The minimum atomic E-state index is -0.436. The normalized spacial score (nSPS) is 26.6. The van der Waals surface area contributed by atoms with E-state index in [0.717, 1.165) is 25.3 Å². The lowest BCUT2D eigenvalue weighted by molar-refractivity contribution is 0.00604. The molecule has 3 unspecified atom stereocenters. The Labute approximate surface area is 118 Å². The lowest BCUT2D eigenvalue weighted by Crippen LogP contribution is -2.42. The molecule has 110 valence electrons. The molecule has 0 amide bonds. The van der Waals surface area contributed by atoms with E-state index in [1.54, 1.807) is 0 Å². The van der Waals surface area contributed by atoms with Crippen LogP contribution >= 0.6 is 0 Å². The Kier molecular flexibility index (Phi) is 7.41. The molecule has 0 aromatic carbocycles. The van der Waals surface area contributed by atoms with Crippen molar-refractivity contribution >= 4 is 0 Å². The van der Waals surface area contributed by atoms with Gasteiger partial charge in [-0.05, 0) is 38.6 Å². The van der Waals surface area contributed by atoms with Crippen molar-refractivity contribution in [1.82, 2.24) is 5.32 Å². The molecule has 19 heavy (non-hydrogen) atoms. The van der Waals surface area contributed by atoms with E-state index in [4.69, 9.17) is 4.74 Å². The lowest BCUT2D eigenvalue weighted by Gasteiger charge is -2.30. The van der Waals surface area contributed by atoms with Gasteiger partial charge in [0, 0.05) is 13.0 Å². The standard InChI is InChI=1S/C16H30N2O/c1-4-10-18-16(3,13-17)9-11-19-15-8-6-7-14(5-2)12-15/h14-15,18H,4-12H2,1-3H3. The van der Waals surface area contributed by atoms with Gasteiger partial charge in [0.2, 0.25) is 0 Å². The van der Waals surface area contributed by atoms with Crippen LogP contribution in [0.5, 0.6) is 0 Å². The molecule has 1 fully saturated rings. The van der Waals surface area contributed by atoms with Crippen molar-refractivity contribution in [3.8, 4) is 6.07 Å². The van der Waals surface area contributed by atoms with Crippen LogP contribution in [0.4, 0.5) is 0 Å². The van der Waals surface area contributed by atoms with Crippen molar-refractivity contribution in [2.45, 2.75) is 77.4 Å². The molecular formula is C16H30N2O. The second kappa shape index (κ2) is 8.55. The van der Waals surface area contributed by atoms with Crippen LogP contribution in [0.1, 0.15) is 65.7 Å². The molecule has 3 heteroatoms. The van der Waals surface area contributed by atoms with Gasteiger partial charge in [-0.25, -0.2) is 0 Å². The molecule has 1 saturated carbocycles. The summed E-state index contributed by atoms with van der Waals surface area (Å²) in [5, 5.41) is 12.6. The lowest BCUT2D eigenvalue weighted by atomic mass is 9.85. The summed E-state index contributed by atoms with van der Waals surface area (Å²) in [6.45, 7) is 7.96. The molecule has 3 nitrogen and oxygen atoms in total. The van der Waals surface area contributed by atoms with Gasteiger partial charge < -0.3 is 4.74 Å². The molecule has 1 aliphatic rings. The molecule has 0 heterocycles. The number of ether oxygens (including phenoxy) is 1. The van der Waals surface area contributed by atoms with Crippen LogP contribution in [-0.2, 0) is 4.74 Å². The zero-order valence-electron chi connectivity index (χ0n) is 12.9. The summed E-state index contributed by atoms with van der Waals surface area (Å²) in [5.74, 6) is 0.847. The van der Waals surface area contributed by atoms with Crippen molar-refractivity contribution in [1.29, 1.82) is 5.26 Å². The van der Waals surface area contributed by atoms with E-state index >= 15 is 0 Å². The van der Waals surface area contributed by atoms with Crippen molar-refractivity contribution < 1.29 is 4.74 Å². The molecular weight excluding hydrogens is 236 g/mol. The van der Waals surface area contributed by atoms with Gasteiger partial charge in [-0.1, -0.05) is 33.1 Å². The molecule has 0 radical (unpaired) electrons. The summed E-state index contributed by atoms with van der Waals surface area (Å²) in [5.41, 5.74) is -0.436. The maximum absolute atomic E-state index is 9.26. The van der Waals surface area contributed by atoms with Gasteiger partial charge in [0.25, 0.3) is 0 Å². The summed E-state index contributed by atoms with van der Waals surface area (Å²) in [7, 11) is 0. The van der Waals surface area contributed by atoms with Gasteiger partial charge in [0.15, 0.2) is 0 Å². The van der Waals surface area contributed by atoms with E-state index < -0.39 is 5.54 Å². The van der Waals surface area contributed by atoms with Gasteiger partial charge >= 0.3 is 0 Å². The number of nitrogens with one attached hydrogen (secondary N) is 1. The first kappa shape index (κ1) is 16.5. The van der Waals surface area contributed by atoms with Crippen molar-refractivity contribution in [2.24, 2.45) is 5.92 Å². The van der Waals surface area contributed by atoms with Crippen LogP contribution in [-0.4, -0.2) is 24.8 Å². The SMILES string of the molecule is CCCNC(C)(C#N)CCOC1CCCC(CC)C1. The summed E-state index contributed by atoms with van der Waals surface area (Å²) in [4.78, 5) is 0. The second-order valence-corrected chi connectivity index (χ2v) is 6.05. The molecule has 3 atom stereocenters. The number of nitrogens with zero attached hydrogens (tertiary/aromatic N) is 1. The third-order valence-corrected chi connectivity index (χ3v) is 4.28. The summed E-state index contributed by atoms with van der Waals surface area (Å²) >= 11 is 0. The van der Waals surface area contributed by atoms with Gasteiger partial charge in [-0.2, -0.15) is 5.26 Å². The molecule has 1 N–H and O–H groups in total. The van der Waals surface area contributed by atoms with Gasteiger partial charge in [-0.15, -0.1) is 0 Å². The van der Waals surface area contributed by atoms with Crippen molar-refractivity contribution in [2.75, 3.05) is 13.2 Å². The average Bonchev–Trinajstić information content (AvgIpc) is 2.45. The van der Waals surface area contributed by atoms with E-state index in [-0.39, 0.29) is 0 Å². The smallest absolute Gasteiger partial charge is 0.106 e. The Bertz CT molecular complexity index is 287. The third kappa shape index (κ3) is 5.93. The largest absolute Gasteiger partial charge is 0.378 e. The first-order valence-electron chi connectivity index (χ1n) is 7.91. The summed E-state index contributed by atoms with van der Waals surface area (Å²) in [6, 6.07) is 2.38. The van der Waals surface area contributed by atoms with Crippen molar-refractivity contribution in [3.63, 3.8) is 0 Å². The van der Waals surface area contributed by atoms with Crippen LogP contribution in [0.15, 0.2) is 0 Å². The van der Waals surface area contributed by atoms with Crippen LogP contribution in [0.25, 0.3) is 0 Å². The third-order valence-electron chi connectivity index (χ3n) is 4.28. The predicted octanol–water partition coefficient (Wildman–Crippen LogP) is 3.64. The molecule has 0 bridgehead atoms. The fraction of sp³-hybridized carbons (Fsp3) is 0.938. The quantitative estimate of drug-likeness (QED) is 0.729. The average molecular weight is 266 g/mol. The predicted molar refractivity (Wildman–Crippen MR) is 78.9 cm³/mol. The number of hydrogen-bond donors (Lipinski definition) is 1. The Balaban J connectivity index is 2.26. The molecule has 0 saturated heterocycles. The van der Waals surface area contributed by atoms with Crippen LogP contribution in [0.2, 0.25) is 0 Å². The fourth-order valence-corrected chi connectivity index (χ4v) is 2.78. The number of hydrogen-bond acceptors (Lipinski definition) is 3. The van der Waals surface area contributed by atoms with Crippen LogP contribution in [0, 0.1) is 17.2 Å². The van der Waals surface area contributed by atoms with E-state index in [2.05, 4.69) is 25.2 Å². The highest BCUT2D eigenvalue weighted by Gasteiger charge is 2.25. The Morgan fingerprint density at radius 3 is 2.79 bits per heavy atom. The van der Waals surface area contributed by atoms with E-state index in [9.17, 15) is 5.26 Å². The first-order valence-corrected chi connectivity index (χ1v) is 7.91.